The van der Waals surface area contributed by atoms with Gasteiger partial charge in [0.1, 0.15) is 5.75 Å². The molecule has 104 valence electrons. The van der Waals surface area contributed by atoms with Crippen molar-refractivity contribution >= 4 is 34.2 Å². The Hall–Kier alpha value is 0.0400. The number of fused-ring (bicyclic) bond motifs is 1. The summed E-state index contributed by atoms with van der Waals surface area (Å²) in [6.07, 6.45) is 7.49. The Morgan fingerprint density at radius 3 is 2.74 bits per heavy atom. The van der Waals surface area contributed by atoms with E-state index < -0.39 is 0 Å². The molecular formula is C16H20ClIO. The first-order chi connectivity index (χ1) is 9.10. The Labute approximate surface area is 134 Å². The molecule has 0 radical (unpaired) electrons. The van der Waals surface area contributed by atoms with Gasteiger partial charge in [-0.15, -0.1) is 11.6 Å². The van der Waals surface area contributed by atoms with Crippen LogP contribution in [0.5, 0.6) is 5.75 Å². The molecule has 0 amide bonds. The minimum Gasteiger partial charge on any atom is -0.493 e. The second-order valence-electron chi connectivity index (χ2n) is 6.16. The van der Waals surface area contributed by atoms with Crippen molar-refractivity contribution < 1.29 is 4.74 Å². The van der Waals surface area contributed by atoms with Gasteiger partial charge in [0.25, 0.3) is 0 Å². The number of benzene rings is 1. The summed E-state index contributed by atoms with van der Waals surface area (Å²) in [4.78, 5) is 0. The van der Waals surface area contributed by atoms with Gasteiger partial charge in [-0.05, 0) is 58.5 Å². The zero-order valence-corrected chi connectivity index (χ0v) is 14.3. The van der Waals surface area contributed by atoms with Crippen LogP contribution in [0.4, 0.5) is 0 Å². The minimum atomic E-state index is 0.0781. The number of alkyl halides is 1. The van der Waals surface area contributed by atoms with E-state index in [0.717, 1.165) is 18.8 Å². The second kappa shape index (κ2) is 5.44. The summed E-state index contributed by atoms with van der Waals surface area (Å²) in [5.74, 6) is 1.08. The molecule has 1 fully saturated rings. The van der Waals surface area contributed by atoms with Crippen LogP contribution in [0.1, 0.15) is 55.5 Å². The Bertz CT molecular complexity index is 480. The van der Waals surface area contributed by atoms with Gasteiger partial charge in [0.05, 0.1) is 12.0 Å². The topological polar surface area (TPSA) is 9.23 Å². The normalized spacial score (nSPS) is 22.7. The lowest BCUT2D eigenvalue weighted by Crippen LogP contribution is -2.25. The van der Waals surface area contributed by atoms with Crippen molar-refractivity contribution in [2.75, 3.05) is 6.61 Å². The molecule has 2 aliphatic rings. The molecule has 0 spiro atoms. The highest BCUT2D eigenvalue weighted by atomic mass is 127. The van der Waals surface area contributed by atoms with E-state index in [9.17, 15) is 0 Å². The van der Waals surface area contributed by atoms with Crippen LogP contribution in [-0.2, 0) is 6.42 Å². The first-order valence-corrected chi connectivity index (χ1v) is 8.71. The van der Waals surface area contributed by atoms with Gasteiger partial charge < -0.3 is 4.74 Å². The molecule has 1 aromatic rings. The predicted octanol–water partition coefficient (Wildman–Crippen LogP) is 5.48. The van der Waals surface area contributed by atoms with E-state index >= 15 is 0 Å². The quantitative estimate of drug-likeness (QED) is 0.480. The highest BCUT2D eigenvalue weighted by molar-refractivity contribution is 14.1. The second-order valence-corrected chi connectivity index (χ2v) is 7.84. The molecule has 1 saturated carbocycles. The lowest BCUT2D eigenvalue weighted by atomic mass is 9.71. The molecular weight excluding hydrogens is 371 g/mol. The summed E-state index contributed by atoms with van der Waals surface area (Å²) in [5, 5.41) is 0.0781. The van der Waals surface area contributed by atoms with E-state index in [1.165, 1.54) is 46.8 Å². The molecule has 0 N–H and O–H groups in total. The summed E-state index contributed by atoms with van der Waals surface area (Å²) < 4.78 is 7.13. The monoisotopic (exact) mass is 390 g/mol. The molecule has 1 nitrogen and oxygen atoms in total. The standard InChI is InChI=1S/C16H20ClIO/c1-16(6-3-2-4-7-16)15(17)13-10-12(18)9-11-5-8-19-14(11)13/h9-10,15H,2-8H2,1H3. The molecule has 1 aliphatic carbocycles. The largest absolute Gasteiger partial charge is 0.493 e. The fraction of sp³-hybridized carbons (Fsp3) is 0.625. The predicted molar refractivity (Wildman–Crippen MR) is 88.1 cm³/mol. The molecule has 1 aromatic carbocycles. The maximum Gasteiger partial charge on any atom is 0.127 e. The van der Waals surface area contributed by atoms with E-state index in [2.05, 4.69) is 41.6 Å². The fourth-order valence-electron chi connectivity index (χ4n) is 3.47. The number of hydrogen-bond donors (Lipinski definition) is 0. The van der Waals surface area contributed by atoms with E-state index in [1.807, 2.05) is 0 Å². The molecule has 1 heterocycles. The molecule has 19 heavy (non-hydrogen) atoms. The summed E-state index contributed by atoms with van der Waals surface area (Å²) in [6, 6.07) is 4.46. The highest BCUT2D eigenvalue weighted by Gasteiger charge is 2.37. The van der Waals surface area contributed by atoms with Gasteiger partial charge in [-0.3, -0.25) is 0 Å². The average molecular weight is 391 g/mol. The fourth-order valence-corrected chi connectivity index (χ4v) is 4.57. The molecule has 3 heteroatoms. The number of hydrogen-bond acceptors (Lipinski definition) is 1. The third kappa shape index (κ3) is 2.63. The lowest BCUT2D eigenvalue weighted by Gasteiger charge is -2.38. The van der Waals surface area contributed by atoms with Crippen LogP contribution in [0.3, 0.4) is 0 Å². The molecule has 1 atom stereocenters. The summed E-state index contributed by atoms with van der Waals surface area (Å²) in [7, 11) is 0. The van der Waals surface area contributed by atoms with Crippen LogP contribution >= 0.6 is 34.2 Å². The SMILES string of the molecule is CC1(C(Cl)c2cc(I)cc3c2OCC3)CCCCC1. The van der Waals surface area contributed by atoms with Crippen LogP contribution in [0.2, 0.25) is 0 Å². The van der Waals surface area contributed by atoms with Crippen molar-refractivity contribution in [3.8, 4) is 5.75 Å². The molecule has 0 aromatic heterocycles. The van der Waals surface area contributed by atoms with Crippen molar-refractivity contribution in [2.24, 2.45) is 5.41 Å². The van der Waals surface area contributed by atoms with Gasteiger partial charge in [0.2, 0.25) is 0 Å². The van der Waals surface area contributed by atoms with Gasteiger partial charge in [-0.25, -0.2) is 0 Å². The third-order valence-electron chi connectivity index (χ3n) is 4.66. The van der Waals surface area contributed by atoms with Crippen molar-refractivity contribution in [3.05, 3.63) is 26.8 Å². The Kier molecular flexibility index (Phi) is 4.01. The zero-order valence-electron chi connectivity index (χ0n) is 11.3. The van der Waals surface area contributed by atoms with Gasteiger partial charge in [-0.1, -0.05) is 26.2 Å². The first kappa shape index (κ1) is 14.0. The molecule has 1 unspecified atom stereocenters. The van der Waals surface area contributed by atoms with E-state index in [-0.39, 0.29) is 10.8 Å². The molecule has 0 saturated heterocycles. The minimum absolute atomic E-state index is 0.0781. The van der Waals surface area contributed by atoms with E-state index in [0.29, 0.717) is 0 Å². The molecule has 3 rings (SSSR count). The van der Waals surface area contributed by atoms with Crippen molar-refractivity contribution in [2.45, 2.75) is 50.8 Å². The van der Waals surface area contributed by atoms with Crippen molar-refractivity contribution in [1.29, 1.82) is 0 Å². The maximum absolute atomic E-state index is 6.90. The van der Waals surface area contributed by atoms with Crippen LogP contribution < -0.4 is 4.74 Å². The van der Waals surface area contributed by atoms with Gasteiger partial charge in [0.15, 0.2) is 0 Å². The Morgan fingerprint density at radius 2 is 2.00 bits per heavy atom. The Morgan fingerprint density at radius 1 is 1.26 bits per heavy atom. The number of halogens is 2. The smallest absolute Gasteiger partial charge is 0.127 e. The van der Waals surface area contributed by atoms with Gasteiger partial charge >= 0.3 is 0 Å². The van der Waals surface area contributed by atoms with Crippen LogP contribution in [-0.4, -0.2) is 6.61 Å². The summed E-state index contributed by atoms with van der Waals surface area (Å²) >= 11 is 9.29. The third-order valence-corrected chi connectivity index (χ3v) is 6.04. The summed E-state index contributed by atoms with van der Waals surface area (Å²) in [5.41, 5.74) is 2.79. The van der Waals surface area contributed by atoms with E-state index in [4.69, 9.17) is 16.3 Å². The molecule has 1 aliphatic heterocycles. The number of rotatable bonds is 2. The number of ether oxygens (including phenoxy) is 1. The zero-order chi connectivity index (χ0) is 13.5. The maximum atomic E-state index is 6.90. The van der Waals surface area contributed by atoms with Crippen LogP contribution in [0, 0.1) is 8.99 Å². The van der Waals surface area contributed by atoms with Crippen molar-refractivity contribution in [1.82, 2.24) is 0 Å². The van der Waals surface area contributed by atoms with Crippen LogP contribution in [0.25, 0.3) is 0 Å². The van der Waals surface area contributed by atoms with Gasteiger partial charge in [-0.2, -0.15) is 0 Å². The Balaban J connectivity index is 1.97. The lowest BCUT2D eigenvalue weighted by molar-refractivity contribution is 0.204. The highest BCUT2D eigenvalue weighted by Crippen LogP contribution is 2.52. The molecule has 0 bridgehead atoms. The van der Waals surface area contributed by atoms with Crippen molar-refractivity contribution in [3.63, 3.8) is 0 Å². The van der Waals surface area contributed by atoms with Crippen LogP contribution in [0.15, 0.2) is 12.1 Å². The van der Waals surface area contributed by atoms with E-state index in [1.54, 1.807) is 0 Å². The first-order valence-electron chi connectivity index (χ1n) is 7.19. The average Bonchev–Trinajstić information content (AvgIpc) is 2.85. The summed E-state index contributed by atoms with van der Waals surface area (Å²) in [6.45, 7) is 3.16. The van der Waals surface area contributed by atoms with Gasteiger partial charge in [0, 0.05) is 15.6 Å².